The van der Waals surface area contributed by atoms with E-state index >= 15 is 0 Å². The molecule has 6 heteroatoms. The van der Waals surface area contributed by atoms with E-state index in [1.807, 2.05) is 4.90 Å². The molecular weight excluding hydrogens is 185 g/mol. The Bertz CT molecular complexity index is 324. The normalized spacial score (nSPS) is 17.1. The van der Waals surface area contributed by atoms with Crippen LogP contribution in [-0.2, 0) is 0 Å². The molecule has 5 nitrogen and oxygen atoms in total. The highest BCUT2D eigenvalue weighted by atomic mass is 19.1. The van der Waals surface area contributed by atoms with E-state index in [-0.39, 0.29) is 5.82 Å². The third-order valence-electron chi connectivity index (χ3n) is 2.21. The van der Waals surface area contributed by atoms with Crippen molar-refractivity contribution in [2.45, 2.75) is 0 Å². The first kappa shape index (κ1) is 9.14. The molecule has 0 saturated carbocycles. The molecule has 1 aromatic rings. The van der Waals surface area contributed by atoms with Crippen LogP contribution in [0.2, 0.25) is 0 Å². The summed E-state index contributed by atoms with van der Waals surface area (Å²) in [5.74, 6) is -0.304. The molecule has 2 rings (SSSR count). The monoisotopic (exact) mass is 197 g/mol. The van der Waals surface area contributed by atoms with Crippen LogP contribution in [-0.4, -0.2) is 36.1 Å². The van der Waals surface area contributed by atoms with E-state index in [1.165, 1.54) is 6.33 Å². The van der Waals surface area contributed by atoms with E-state index in [1.54, 1.807) is 0 Å². The van der Waals surface area contributed by atoms with Gasteiger partial charge in [-0.25, -0.2) is 9.97 Å². The maximum Gasteiger partial charge on any atom is 0.207 e. The Hall–Kier alpha value is -1.43. The molecule has 0 aliphatic carbocycles. The van der Waals surface area contributed by atoms with Crippen LogP contribution in [0.25, 0.3) is 0 Å². The van der Waals surface area contributed by atoms with Crippen LogP contribution in [0, 0.1) is 5.82 Å². The molecule has 0 unspecified atom stereocenters. The highest BCUT2D eigenvalue weighted by molar-refractivity contribution is 5.48. The van der Waals surface area contributed by atoms with Gasteiger partial charge in [0.2, 0.25) is 5.82 Å². The molecule has 0 bridgehead atoms. The van der Waals surface area contributed by atoms with Gasteiger partial charge in [0.1, 0.15) is 6.33 Å². The van der Waals surface area contributed by atoms with Crippen LogP contribution in [0.15, 0.2) is 6.33 Å². The summed E-state index contributed by atoms with van der Waals surface area (Å²) >= 11 is 0. The summed E-state index contributed by atoms with van der Waals surface area (Å²) in [5, 5.41) is 3.18. The van der Waals surface area contributed by atoms with Crippen LogP contribution in [0.3, 0.4) is 0 Å². The summed E-state index contributed by atoms with van der Waals surface area (Å²) < 4.78 is 13.5. The minimum Gasteiger partial charge on any atom is -0.381 e. The summed E-state index contributed by atoms with van der Waals surface area (Å²) in [6.45, 7) is 3.16. The van der Waals surface area contributed by atoms with Gasteiger partial charge in [-0.1, -0.05) is 0 Å². The van der Waals surface area contributed by atoms with Crippen LogP contribution in [0.4, 0.5) is 16.0 Å². The lowest BCUT2D eigenvalue weighted by molar-refractivity contribution is 0.558. The molecule has 0 radical (unpaired) electrons. The van der Waals surface area contributed by atoms with Crippen molar-refractivity contribution in [3.63, 3.8) is 0 Å². The zero-order chi connectivity index (χ0) is 9.97. The Morgan fingerprint density at radius 1 is 1.36 bits per heavy atom. The minimum atomic E-state index is -0.519. The van der Waals surface area contributed by atoms with Gasteiger partial charge in [-0.3, -0.25) is 0 Å². The molecule has 2 heterocycles. The van der Waals surface area contributed by atoms with Crippen molar-refractivity contribution in [2.24, 2.45) is 0 Å². The molecule has 1 aromatic heterocycles. The van der Waals surface area contributed by atoms with Gasteiger partial charge >= 0.3 is 0 Å². The van der Waals surface area contributed by atoms with Gasteiger partial charge in [-0.05, 0) is 0 Å². The molecule has 1 saturated heterocycles. The lowest BCUT2D eigenvalue weighted by Gasteiger charge is -2.28. The van der Waals surface area contributed by atoms with Crippen LogP contribution in [0.1, 0.15) is 0 Å². The Morgan fingerprint density at radius 2 is 2.07 bits per heavy atom. The van der Waals surface area contributed by atoms with Crippen molar-refractivity contribution < 1.29 is 4.39 Å². The van der Waals surface area contributed by atoms with Crippen LogP contribution < -0.4 is 16.0 Å². The summed E-state index contributed by atoms with van der Waals surface area (Å²) in [7, 11) is 0. The number of anilines is 2. The van der Waals surface area contributed by atoms with E-state index in [2.05, 4.69) is 15.3 Å². The fourth-order valence-electron chi connectivity index (χ4n) is 1.47. The Balaban J connectivity index is 2.26. The van der Waals surface area contributed by atoms with Crippen molar-refractivity contribution >= 4 is 11.6 Å². The zero-order valence-electron chi connectivity index (χ0n) is 7.70. The Morgan fingerprint density at radius 3 is 2.79 bits per heavy atom. The van der Waals surface area contributed by atoms with E-state index in [9.17, 15) is 4.39 Å². The first-order valence-corrected chi connectivity index (χ1v) is 4.50. The molecule has 1 aliphatic rings. The molecule has 0 aromatic carbocycles. The second-order valence-corrected chi connectivity index (χ2v) is 3.13. The highest BCUT2D eigenvalue weighted by Crippen LogP contribution is 2.18. The number of nitrogens with one attached hydrogen (secondary N) is 1. The van der Waals surface area contributed by atoms with Gasteiger partial charge in [0, 0.05) is 26.2 Å². The fraction of sp³-hybridized carbons (Fsp3) is 0.500. The Labute approximate surface area is 81.1 Å². The largest absolute Gasteiger partial charge is 0.381 e. The molecule has 3 N–H and O–H groups in total. The van der Waals surface area contributed by atoms with Crippen LogP contribution in [0.5, 0.6) is 0 Å². The standard InChI is InChI=1S/C8H12FN5/c9-6-7(10)12-5-13-8(6)14-3-1-11-2-4-14/h5,11H,1-4H2,(H2,10,12,13). The van der Waals surface area contributed by atoms with Gasteiger partial charge in [0.25, 0.3) is 0 Å². The van der Waals surface area contributed by atoms with E-state index in [0.717, 1.165) is 26.2 Å². The molecule has 1 aliphatic heterocycles. The quantitative estimate of drug-likeness (QED) is 0.641. The van der Waals surface area contributed by atoms with Crippen molar-refractivity contribution in [1.82, 2.24) is 15.3 Å². The second kappa shape index (κ2) is 3.75. The third kappa shape index (κ3) is 1.60. The van der Waals surface area contributed by atoms with E-state index < -0.39 is 5.82 Å². The number of nitrogens with two attached hydrogens (primary N) is 1. The maximum absolute atomic E-state index is 13.5. The average Bonchev–Trinajstić information content (AvgIpc) is 2.23. The molecular formula is C8H12FN5. The molecule has 0 atom stereocenters. The predicted octanol–water partition coefficient (Wildman–Crippen LogP) is -0.393. The fourth-order valence-corrected chi connectivity index (χ4v) is 1.47. The number of halogens is 1. The molecule has 76 valence electrons. The van der Waals surface area contributed by atoms with Crippen molar-refractivity contribution in [2.75, 3.05) is 36.8 Å². The van der Waals surface area contributed by atoms with Gasteiger partial charge in [-0.15, -0.1) is 0 Å². The number of nitrogens with zero attached hydrogens (tertiary/aromatic N) is 3. The zero-order valence-corrected chi connectivity index (χ0v) is 7.70. The first-order valence-electron chi connectivity index (χ1n) is 4.50. The first-order chi connectivity index (χ1) is 6.79. The minimum absolute atomic E-state index is 0.0893. The second-order valence-electron chi connectivity index (χ2n) is 3.13. The lowest BCUT2D eigenvalue weighted by Crippen LogP contribution is -2.44. The van der Waals surface area contributed by atoms with Crippen molar-refractivity contribution in [1.29, 1.82) is 0 Å². The number of aromatic nitrogens is 2. The SMILES string of the molecule is Nc1ncnc(N2CCNCC2)c1F. The summed E-state index contributed by atoms with van der Waals surface area (Å²) in [6.07, 6.45) is 1.29. The number of rotatable bonds is 1. The van der Waals surface area contributed by atoms with Gasteiger partial charge in [-0.2, -0.15) is 4.39 Å². The Kier molecular flexibility index (Phi) is 2.45. The van der Waals surface area contributed by atoms with Crippen molar-refractivity contribution in [3.8, 4) is 0 Å². The topological polar surface area (TPSA) is 67.1 Å². The maximum atomic E-state index is 13.5. The third-order valence-corrected chi connectivity index (χ3v) is 2.21. The summed E-state index contributed by atoms with van der Waals surface area (Å²) in [5.41, 5.74) is 5.36. The number of hydrogen-bond acceptors (Lipinski definition) is 5. The van der Waals surface area contributed by atoms with Gasteiger partial charge in [0.15, 0.2) is 11.6 Å². The van der Waals surface area contributed by atoms with E-state index in [4.69, 9.17) is 5.73 Å². The van der Waals surface area contributed by atoms with Gasteiger partial charge in [0.05, 0.1) is 0 Å². The molecule has 14 heavy (non-hydrogen) atoms. The molecule has 0 spiro atoms. The van der Waals surface area contributed by atoms with Gasteiger partial charge < -0.3 is 16.0 Å². The summed E-state index contributed by atoms with van der Waals surface area (Å²) in [6, 6.07) is 0. The van der Waals surface area contributed by atoms with Crippen molar-refractivity contribution in [3.05, 3.63) is 12.1 Å². The predicted molar refractivity (Wildman–Crippen MR) is 51.5 cm³/mol. The van der Waals surface area contributed by atoms with E-state index in [0.29, 0.717) is 5.82 Å². The number of piperazine rings is 1. The summed E-state index contributed by atoms with van der Waals surface area (Å²) in [4.78, 5) is 9.34. The highest BCUT2D eigenvalue weighted by Gasteiger charge is 2.17. The number of nitrogen functional groups attached to an aromatic ring is 1. The molecule has 1 fully saturated rings. The lowest BCUT2D eigenvalue weighted by atomic mass is 10.3. The average molecular weight is 197 g/mol. The molecule has 0 amide bonds. The van der Waals surface area contributed by atoms with Crippen LogP contribution >= 0.6 is 0 Å². The number of hydrogen-bond donors (Lipinski definition) is 2. The smallest absolute Gasteiger partial charge is 0.207 e.